The van der Waals surface area contributed by atoms with Gasteiger partial charge >= 0.3 is 5.97 Å². The van der Waals surface area contributed by atoms with Crippen molar-refractivity contribution in [3.8, 4) is 0 Å². The van der Waals surface area contributed by atoms with E-state index in [4.69, 9.17) is 9.99 Å². The molecule has 0 atom stereocenters. The van der Waals surface area contributed by atoms with Crippen molar-refractivity contribution >= 4 is 5.97 Å². The number of hydrogen-bond acceptors (Lipinski definition) is 5. The van der Waals surface area contributed by atoms with Gasteiger partial charge in [-0.05, 0) is 5.41 Å². The zero-order chi connectivity index (χ0) is 14.1. The molecule has 0 fully saturated rings. The van der Waals surface area contributed by atoms with Crippen LogP contribution in [0.15, 0.2) is 11.5 Å². The third-order valence-electron chi connectivity index (χ3n) is 1.59. The Labute approximate surface area is 103 Å². The molecule has 0 aromatic rings. The third-order valence-corrected chi connectivity index (χ3v) is 1.59. The smallest absolute Gasteiger partial charge is 0.306 e. The van der Waals surface area contributed by atoms with Crippen molar-refractivity contribution in [3.63, 3.8) is 0 Å². The summed E-state index contributed by atoms with van der Waals surface area (Å²) >= 11 is 0. The van der Waals surface area contributed by atoms with Crippen molar-refractivity contribution in [1.29, 1.82) is 0 Å². The van der Waals surface area contributed by atoms with E-state index in [1.54, 1.807) is 0 Å². The number of allylic oxidation sites excluding steroid dienone is 1. The molecule has 0 amide bonds. The highest BCUT2D eigenvalue weighted by atomic mass is 17.1. The topological polar surface area (TPSA) is 76.0 Å². The molecule has 0 unspecified atom stereocenters. The molecule has 2 N–H and O–H groups in total. The van der Waals surface area contributed by atoms with Crippen molar-refractivity contribution < 1.29 is 24.8 Å². The van der Waals surface area contributed by atoms with Crippen LogP contribution in [0.5, 0.6) is 0 Å². The largest absolute Gasteiger partial charge is 0.506 e. The van der Waals surface area contributed by atoms with Crippen molar-refractivity contribution in [2.24, 2.45) is 5.41 Å². The molecule has 0 saturated heterocycles. The molecule has 0 spiro atoms. The highest BCUT2D eigenvalue weighted by Gasteiger charge is 2.17. The van der Waals surface area contributed by atoms with Crippen LogP contribution in [0.1, 0.15) is 48.0 Å². The van der Waals surface area contributed by atoms with Crippen LogP contribution in [-0.2, 0) is 14.4 Å². The van der Waals surface area contributed by atoms with Crippen LogP contribution < -0.4 is 0 Å². The number of esters is 1. The van der Waals surface area contributed by atoms with E-state index in [9.17, 15) is 9.90 Å². The maximum absolute atomic E-state index is 11.2. The summed E-state index contributed by atoms with van der Waals surface area (Å²) in [4.78, 5) is 15.0. The summed E-state index contributed by atoms with van der Waals surface area (Å²) in [5.41, 5.74) is -0.154. The van der Waals surface area contributed by atoms with Crippen LogP contribution in [0.2, 0.25) is 0 Å². The zero-order valence-electron chi connectivity index (χ0n) is 11.5. The molecule has 0 aliphatic carbocycles. The minimum absolute atomic E-state index is 0.0847. The SMILES string of the molecule is C/C(OO)=C(/O)COC(=O)CC(C)(C)C.CC. The van der Waals surface area contributed by atoms with Gasteiger partial charge in [-0.15, -0.1) is 0 Å². The Hall–Kier alpha value is -1.23. The predicted octanol–water partition coefficient (Wildman–Crippen LogP) is 3.27. The fourth-order valence-corrected chi connectivity index (χ4v) is 0.787. The molecule has 0 aliphatic heterocycles. The number of rotatable bonds is 4. The minimum Gasteiger partial charge on any atom is -0.506 e. The number of hydrogen-bond donors (Lipinski definition) is 2. The molecule has 0 aliphatic rings. The molecule has 102 valence electrons. The van der Waals surface area contributed by atoms with Gasteiger partial charge in [-0.3, -0.25) is 4.79 Å². The zero-order valence-corrected chi connectivity index (χ0v) is 11.5. The Morgan fingerprint density at radius 3 is 2.06 bits per heavy atom. The summed E-state index contributed by atoms with van der Waals surface area (Å²) < 4.78 is 4.76. The van der Waals surface area contributed by atoms with Crippen LogP contribution in [0.3, 0.4) is 0 Å². The first kappa shape index (κ1) is 18.1. The normalized spacial score (nSPS) is 11.9. The van der Waals surface area contributed by atoms with Gasteiger partial charge in [0.05, 0.1) is 6.42 Å². The molecule has 5 nitrogen and oxygen atoms in total. The number of carbonyl (C=O) groups is 1. The molecule has 0 bridgehead atoms. The first-order chi connectivity index (χ1) is 7.76. The second-order valence-corrected chi connectivity index (χ2v) is 4.49. The molecule has 0 heterocycles. The highest BCUT2D eigenvalue weighted by Crippen LogP contribution is 2.19. The molecule has 0 radical (unpaired) electrons. The maximum atomic E-state index is 11.2. The lowest BCUT2D eigenvalue weighted by Gasteiger charge is -2.16. The second kappa shape index (κ2) is 8.87. The molecular weight excluding hydrogens is 224 g/mol. The Bertz CT molecular complexity index is 250. The van der Waals surface area contributed by atoms with Crippen LogP contribution in [-0.4, -0.2) is 22.9 Å². The van der Waals surface area contributed by atoms with Gasteiger partial charge in [-0.25, -0.2) is 5.26 Å². The van der Waals surface area contributed by atoms with Gasteiger partial charge in [0.1, 0.15) is 0 Å². The quantitative estimate of drug-likeness (QED) is 0.345. The molecule has 0 aromatic heterocycles. The van der Waals surface area contributed by atoms with E-state index in [1.165, 1.54) is 6.92 Å². The lowest BCUT2D eigenvalue weighted by atomic mass is 9.92. The second-order valence-electron chi connectivity index (χ2n) is 4.49. The fourth-order valence-electron chi connectivity index (χ4n) is 0.787. The third kappa shape index (κ3) is 11.0. The molecule has 0 aromatic carbocycles. The Kier molecular flexibility index (Phi) is 9.47. The van der Waals surface area contributed by atoms with E-state index in [0.717, 1.165) is 0 Å². The first-order valence-electron chi connectivity index (χ1n) is 5.62. The molecule has 0 rings (SSSR count). The average Bonchev–Trinajstić information content (AvgIpc) is 2.25. The Morgan fingerprint density at radius 2 is 1.71 bits per heavy atom. The van der Waals surface area contributed by atoms with Crippen LogP contribution in [0, 0.1) is 5.41 Å². The summed E-state index contributed by atoms with van der Waals surface area (Å²) in [5, 5.41) is 17.4. The first-order valence-corrected chi connectivity index (χ1v) is 5.62. The van der Waals surface area contributed by atoms with Crippen LogP contribution in [0.4, 0.5) is 0 Å². The lowest BCUT2D eigenvalue weighted by Crippen LogP contribution is -2.16. The molecule has 5 heteroatoms. The van der Waals surface area contributed by atoms with Crippen molar-refractivity contribution in [3.05, 3.63) is 11.5 Å². The average molecular weight is 248 g/mol. The minimum atomic E-state index is -0.403. The van der Waals surface area contributed by atoms with Gasteiger partial charge in [0.25, 0.3) is 0 Å². The van der Waals surface area contributed by atoms with E-state index in [2.05, 4.69) is 4.89 Å². The summed E-state index contributed by atoms with van der Waals surface area (Å²) in [6, 6.07) is 0. The highest BCUT2D eigenvalue weighted by molar-refractivity contribution is 5.70. The molecular formula is C12H24O5. The predicted molar refractivity (Wildman–Crippen MR) is 65.4 cm³/mol. The van der Waals surface area contributed by atoms with Gasteiger partial charge in [0, 0.05) is 6.92 Å². The Morgan fingerprint density at radius 1 is 1.24 bits per heavy atom. The summed E-state index contributed by atoms with van der Waals surface area (Å²) in [6.07, 6.45) is 0.263. The van der Waals surface area contributed by atoms with Crippen molar-refractivity contribution in [1.82, 2.24) is 0 Å². The van der Waals surface area contributed by atoms with Gasteiger partial charge in [0.2, 0.25) is 0 Å². The monoisotopic (exact) mass is 248 g/mol. The van der Waals surface area contributed by atoms with E-state index in [1.807, 2.05) is 34.6 Å². The van der Waals surface area contributed by atoms with Crippen LogP contribution in [0.25, 0.3) is 0 Å². The van der Waals surface area contributed by atoms with Crippen molar-refractivity contribution in [2.45, 2.75) is 48.0 Å². The molecule has 0 saturated carbocycles. The fraction of sp³-hybridized carbons (Fsp3) is 0.750. The number of aliphatic hydroxyl groups is 1. The van der Waals surface area contributed by atoms with E-state index < -0.39 is 5.97 Å². The van der Waals surface area contributed by atoms with E-state index in [-0.39, 0.29) is 30.0 Å². The van der Waals surface area contributed by atoms with E-state index >= 15 is 0 Å². The number of carbonyl (C=O) groups excluding carboxylic acids is 1. The Balaban J connectivity index is 0. The number of aliphatic hydroxyl groups excluding tert-OH is 1. The van der Waals surface area contributed by atoms with Gasteiger partial charge in [-0.2, -0.15) is 0 Å². The summed E-state index contributed by atoms with van der Waals surface area (Å²) in [5.74, 6) is -0.793. The standard InChI is InChI=1S/C10H18O5.C2H6/c1-7(15-13)8(11)6-14-9(12)5-10(2,3)4;1-2/h11,13H,5-6H2,1-4H3;1-2H3/b8-7-;. The van der Waals surface area contributed by atoms with E-state index in [0.29, 0.717) is 0 Å². The van der Waals surface area contributed by atoms with Crippen LogP contribution >= 0.6 is 0 Å². The lowest BCUT2D eigenvalue weighted by molar-refractivity contribution is -0.206. The van der Waals surface area contributed by atoms with Gasteiger partial charge in [0.15, 0.2) is 18.1 Å². The van der Waals surface area contributed by atoms with Gasteiger partial charge < -0.3 is 14.7 Å². The summed E-state index contributed by atoms with van der Waals surface area (Å²) in [7, 11) is 0. The van der Waals surface area contributed by atoms with Gasteiger partial charge in [-0.1, -0.05) is 34.6 Å². The maximum Gasteiger partial charge on any atom is 0.306 e. The van der Waals surface area contributed by atoms with Crippen molar-refractivity contribution in [2.75, 3.05) is 6.61 Å². The number of ether oxygens (including phenoxy) is 1. The summed E-state index contributed by atoms with van der Waals surface area (Å²) in [6.45, 7) is 10.8. The molecule has 17 heavy (non-hydrogen) atoms.